The van der Waals surface area contributed by atoms with Crippen molar-refractivity contribution in [2.75, 3.05) is 7.11 Å². The monoisotopic (exact) mass is 553 g/mol. The largest absolute Gasteiger partial charge is 0.493 e. The smallest absolute Gasteiger partial charge is 0.363 e. The Morgan fingerprint density at radius 1 is 0.865 bits per heavy atom. The maximum Gasteiger partial charge on any atom is 0.363 e. The minimum absolute atomic E-state index is 0.144. The van der Waals surface area contributed by atoms with Gasteiger partial charge in [-0.3, -0.25) is 0 Å². The van der Waals surface area contributed by atoms with Crippen molar-refractivity contribution in [1.82, 2.24) is 0 Å². The molecule has 0 amide bonds. The van der Waals surface area contributed by atoms with Crippen LogP contribution < -0.4 is 9.47 Å². The number of hydrogen-bond acceptors (Lipinski definition) is 6. The Morgan fingerprint density at radius 2 is 1.49 bits per heavy atom. The Bertz CT molecular complexity index is 1530. The van der Waals surface area contributed by atoms with E-state index < -0.39 is 11.9 Å². The molecule has 1 aliphatic rings. The van der Waals surface area contributed by atoms with Crippen LogP contribution in [0.1, 0.15) is 21.5 Å². The van der Waals surface area contributed by atoms with Crippen molar-refractivity contribution in [3.05, 3.63) is 124 Å². The molecule has 0 spiro atoms. The van der Waals surface area contributed by atoms with Crippen LogP contribution in [-0.4, -0.2) is 24.9 Å². The summed E-state index contributed by atoms with van der Waals surface area (Å²) in [5, 5.41) is 0. The Morgan fingerprint density at radius 3 is 2.16 bits per heavy atom. The number of aliphatic imine (C=N–C) groups is 1. The first-order valence-corrected chi connectivity index (χ1v) is 12.1. The molecule has 0 fully saturated rings. The first kappa shape index (κ1) is 24.2. The molecular formula is C30H20BrNO5. The maximum absolute atomic E-state index is 12.5. The number of hydrogen-bond donors (Lipinski definition) is 0. The zero-order chi connectivity index (χ0) is 25.8. The zero-order valence-corrected chi connectivity index (χ0v) is 21.3. The standard InChI is InChI=1S/C30H20BrNO5/c1-35-26-18-19(16-24(31)27(26)36-29(33)23-10-6-3-7-11-23)17-25-30(34)37-28(32-25)22-14-12-21(13-15-22)20-8-4-2-5-9-20/h2-18H,1H3/b25-17-. The SMILES string of the molecule is COc1cc(/C=C2\N=C(c3ccc(-c4ccccc4)cc3)OC2=O)cc(Br)c1OC(=O)c1ccccc1. The zero-order valence-electron chi connectivity index (χ0n) is 19.7. The number of benzene rings is 4. The van der Waals surface area contributed by atoms with E-state index in [0.717, 1.165) is 11.1 Å². The summed E-state index contributed by atoms with van der Waals surface area (Å²) in [5.74, 6) is -0.294. The lowest BCUT2D eigenvalue weighted by molar-refractivity contribution is -0.129. The van der Waals surface area contributed by atoms with Crippen molar-refractivity contribution < 1.29 is 23.8 Å². The van der Waals surface area contributed by atoms with Gasteiger partial charge in [0.2, 0.25) is 5.90 Å². The van der Waals surface area contributed by atoms with Crippen LogP contribution in [0.3, 0.4) is 0 Å². The molecule has 0 N–H and O–H groups in total. The lowest BCUT2D eigenvalue weighted by Gasteiger charge is -2.12. The van der Waals surface area contributed by atoms with Crippen LogP contribution in [0, 0.1) is 0 Å². The maximum atomic E-state index is 12.5. The van der Waals surface area contributed by atoms with Crippen molar-refractivity contribution in [1.29, 1.82) is 0 Å². The van der Waals surface area contributed by atoms with Crippen molar-refractivity contribution in [3.63, 3.8) is 0 Å². The highest BCUT2D eigenvalue weighted by molar-refractivity contribution is 9.10. The van der Waals surface area contributed by atoms with E-state index in [-0.39, 0.29) is 17.3 Å². The van der Waals surface area contributed by atoms with Crippen LogP contribution in [0.4, 0.5) is 0 Å². The molecule has 0 radical (unpaired) electrons. The van der Waals surface area contributed by atoms with Gasteiger partial charge in [-0.25, -0.2) is 14.6 Å². The van der Waals surface area contributed by atoms with E-state index in [2.05, 4.69) is 20.9 Å². The fourth-order valence-electron chi connectivity index (χ4n) is 3.77. The molecule has 0 aromatic heterocycles. The van der Waals surface area contributed by atoms with Crippen molar-refractivity contribution in [2.45, 2.75) is 0 Å². The fourth-order valence-corrected chi connectivity index (χ4v) is 4.32. The summed E-state index contributed by atoms with van der Waals surface area (Å²) in [7, 11) is 1.47. The highest BCUT2D eigenvalue weighted by Crippen LogP contribution is 2.38. The van der Waals surface area contributed by atoms with Gasteiger partial charge in [0.25, 0.3) is 0 Å². The summed E-state index contributed by atoms with van der Waals surface area (Å²) in [6.45, 7) is 0. The summed E-state index contributed by atoms with van der Waals surface area (Å²) in [6.07, 6.45) is 1.59. The lowest BCUT2D eigenvalue weighted by Crippen LogP contribution is -2.09. The number of esters is 2. The van der Waals surface area contributed by atoms with Gasteiger partial charge in [0.1, 0.15) is 0 Å². The van der Waals surface area contributed by atoms with Gasteiger partial charge in [-0.2, -0.15) is 0 Å². The van der Waals surface area contributed by atoms with E-state index >= 15 is 0 Å². The third-order valence-corrected chi connectivity index (χ3v) is 6.21. The number of rotatable bonds is 6. The first-order valence-electron chi connectivity index (χ1n) is 11.3. The van der Waals surface area contributed by atoms with Gasteiger partial charge in [0, 0.05) is 5.56 Å². The number of carbonyl (C=O) groups excluding carboxylic acids is 2. The molecule has 7 heteroatoms. The molecule has 182 valence electrons. The average molecular weight is 554 g/mol. The topological polar surface area (TPSA) is 74.2 Å². The number of nitrogens with zero attached hydrogens (tertiary/aromatic N) is 1. The molecule has 0 aliphatic carbocycles. The molecule has 0 saturated carbocycles. The van der Waals surface area contributed by atoms with E-state index in [1.165, 1.54) is 7.11 Å². The Kier molecular flexibility index (Phi) is 6.96. The average Bonchev–Trinajstić information content (AvgIpc) is 3.30. The normalized spacial score (nSPS) is 13.7. The number of methoxy groups -OCH3 is 1. The molecule has 4 aromatic carbocycles. The van der Waals surface area contributed by atoms with Crippen molar-refractivity contribution in [3.8, 4) is 22.6 Å². The van der Waals surface area contributed by atoms with Gasteiger partial charge in [0.15, 0.2) is 17.2 Å². The molecule has 0 atom stereocenters. The third-order valence-electron chi connectivity index (χ3n) is 5.62. The lowest BCUT2D eigenvalue weighted by atomic mass is 10.0. The number of cyclic esters (lactones) is 1. The van der Waals surface area contributed by atoms with Crippen LogP contribution in [0.25, 0.3) is 17.2 Å². The predicted molar refractivity (Wildman–Crippen MR) is 145 cm³/mol. The minimum atomic E-state index is -0.559. The van der Waals surface area contributed by atoms with E-state index in [9.17, 15) is 9.59 Å². The molecule has 1 heterocycles. The predicted octanol–water partition coefficient (Wildman–Crippen LogP) is 6.69. The molecule has 5 rings (SSSR count). The Hall–Kier alpha value is -4.49. The van der Waals surface area contributed by atoms with Crippen molar-refractivity contribution >= 4 is 39.8 Å². The van der Waals surface area contributed by atoms with E-state index in [0.29, 0.717) is 26.9 Å². The molecular weight excluding hydrogens is 534 g/mol. The summed E-state index contributed by atoms with van der Waals surface area (Å²) in [6, 6.07) is 29.7. The highest BCUT2D eigenvalue weighted by Gasteiger charge is 2.25. The van der Waals surface area contributed by atoms with Gasteiger partial charge in [-0.1, -0.05) is 60.7 Å². The molecule has 0 saturated heterocycles. The summed E-state index contributed by atoms with van der Waals surface area (Å²) in [5.41, 5.74) is 4.01. The quantitative estimate of drug-likeness (QED) is 0.151. The molecule has 37 heavy (non-hydrogen) atoms. The molecule has 6 nitrogen and oxygen atoms in total. The Balaban J connectivity index is 1.39. The Labute approximate surface area is 222 Å². The van der Waals surface area contributed by atoms with E-state index in [4.69, 9.17) is 14.2 Å². The second-order valence-corrected chi connectivity index (χ2v) is 8.92. The second-order valence-electron chi connectivity index (χ2n) is 8.07. The first-order chi connectivity index (χ1) is 18.0. The van der Waals surface area contributed by atoms with Gasteiger partial charge in [0.05, 0.1) is 17.1 Å². The molecule has 1 aliphatic heterocycles. The fraction of sp³-hybridized carbons (Fsp3) is 0.0333. The minimum Gasteiger partial charge on any atom is -0.493 e. The number of halogens is 1. The molecule has 4 aromatic rings. The molecule has 0 unspecified atom stereocenters. The van der Waals surface area contributed by atoms with Crippen LogP contribution in [0.2, 0.25) is 0 Å². The van der Waals surface area contributed by atoms with E-state index in [1.54, 1.807) is 42.5 Å². The molecule has 0 bridgehead atoms. The summed E-state index contributed by atoms with van der Waals surface area (Å²) >= 11 is 3.44. The summed E-state index contributed by atoms with van der Waals surface area (Å²) < 4.78 is 16.9. The second kappa shape index (κ2) is 10.6. The highest BCUT2D eigenvalue weighted by atomic mass is 79.9. The van der Waals surface area contributed by atoms with Gasteiger partial charge in [-0.15, -0.1) is 0 Å². The van der Waals surface area contributed by atoms with E-state index in [1.807, 2.05) is 60.7 Å². The van der Waals surface area contributed by atoms with Gasteiger partial charge >= 0.3 is 11.9 Å². The van der Waals surface area contributed by atoms with Crippen LogP contribution in [0.5, 0.6) is 11.5 Å². The van der Waals surface area contributed by atoms with Crippen molar-refractivity contribution in [2.24, 2.45) is 4.99 Å². The third kappa shape index (κ3) is 5.37. The number of carbonyl (C=O) groups is 2. The van der Waals surface area contributed by atoms with Crippen LogP contribution >= 0.6 is 15.9 Å². The van der Waals surface area contributed by atoms with Gasteiger partial charge in [-0.05, 0) is 75.1 Å². The van der Waals surface area contributed by atoms with Crippen LogP contribution in [-0.2, 0) is 9.53 Å². The van der Waals surface area contributed by atoms with Gasteiger partial charge < -0.3 is 14.2 Å². The van der Waals surface area contributed by atoms with Crippen LogP contribution in [0.15, 0.2) is 112 Å². The number of ether oxygens (including phenoxy) is 3. The summed E-state index contributed by atoms with van der Waals surface area (Å²) in [4.78, 5) is 29.5.